The van der Waals surface area contributed by atoms with Crippen molar-refractivity contribution in [2.24, 2.45) is 0 Å². The molecule has 0 aliphatic rings. The van der Waals surface area contributed by atoms with Crippen LogP contribution in [0.3, 0.4) is 0 Å². The van der Waals surface area contributed by atoms with Gasteiger partial charge in [-0.15, -0.1) is 0 Å². The molecule has 0 aromatic rings. The van der Waals surface area contributed by atoms with Gasteiger partial charge in [0.2, 0.25) is 0 Å². The summed E-state index contributed by atoms with van der Waals surface area (Å²) in [5, 5.41) is 0. The first kappa shape index (κ1) is 25.4. The van der Waals surface area contributed by atoms with Gasteiger partial charge in [-0.3, -0.25) is 14.4 Å². The Bertz CT molecular complexity index is 477. The number of Topliss-reactive ketones (excluding diaryl/α,β-unsaturated/α-hetero) is 4. The number of carbonyl (C=O) groups excluding carboxylic acids is 4. The fourth-order valence-electron chi connectivity index (χ4n) is 2.86. The fourth-order valence-corrected chi connectivity index (χ4v) is 2.86. The molecular weight excluding hydrogens is 340 g/mol. The lowest BCUT2D eigenvalue weighted by atomic mass is 10.0. The molecule has 0 heterocycles. The average Bonchev–Trinajstić information content (AvgIpc) is 2.62. The number of unbranched alkanes of at least 4 members (excludes halogenated alkanes) is 5. The minimum absolute atomic E-state index is 0.0629. The fraction of sp³-hybridized carbons (Fsp3) is 0.739. The van der Waals surface area contributed by atoms with Gasteiger partial charge in [-0.2, -0.15) is 0 Å². The van der Waals surface area contributed by atoms with Gasteiger partial charge in [0.1, 0.15) is 23.1 Å². The Morgan fingerprint density at radius 2 is 1.15 bits per heavy atom. The van der Waals surface area contributed by atoms with Crippen molar-refractivity contribution >= 4 is 23.1 Å². The molecule has 0 aliphatic carbocycles. The first-order chi connectivity index (χ1) is 13.0. The third-order valence-corrected chi connectivity index (χ3v) is 4.53. The lowest BCUT2D eigenvalue weighted by molar-refractivity contribution is -0.122. The Kier molecular flexibility index (Phi) is 16.8. The maximum atomic E-state index is 11.8. The molecule has 0 saturated carbocycles. The summed E-state index contributed by atoms with van der Waals surface area (Å²) in [4.78, 5) is 45.5. The van der Waals surface area contributed by atoms with Gasteiger partial charge in [-0.1, -0.05) is 31.9 Å². The van der Waals surface area contributed by atoms with Crippen LogP contribution in [0.1, 0.15) is 110 Å². The van der Waals surface area contributed by atoms with Gasteiger partial charge < -0.3 is 4.79 Å². The quantitative estimate of drug-likeness (QED) is 0.213. The van der Waals surface area contributed by atoms with Gasteiger partial charge in [-0.05, 0) is 45.4 Å². The summed E-state index contributed by atoms with van der Waals surface area (Å²) in [5.74, 6) is 0.823. The van der Waals surface area contributed by atoms with E-state index in [4.69, 9.17) is 0 Å². The van der Waals surface area contributed by atoms with Crippen molar-refractivity contribution in [2.75, 3.05) is 0 Å². The molecule has 27 heavy (non-hydrogen) atoms. The molecule has 4 heteroatoms. The third kappa shape index (κ3) is 19.0. The zero-order valence-electron chi connectivity index (χ0n) is 17.4. The van der Waals surface area contributed by atoms with E-state index >= 15 is 0 Å². The van der Waals surface area contributed by atoms with E-state index in [2.05, 4.69) is 0 Å². The molecule has 0 radical (unpaired) electrons. The van der Waals surface area contributed by atoms with Crippen molar-refractivity contribution < 1.29 is 19.2 Å². The van der Waals surface area contributed by atoms with E-state index in [0.29, 0.717) is 56.5 Å². The van der Waals surface area contributed by atoms with Gasteiger partial charge in [-0.25, -0.2) is 0 Å². The Morgan fingerprint density at radius 1 is 0.593 bits per heavy atom. The number of hydrogen-bond acceptors (Lipinski definition) is 4. The summed E-state index contributed by atoms with van der Waals surface area (Å²) in [5.41, 5.74) is 0. The van der Waals surface area contributed by atoms with E-state index in [9.17, 15) is 19.2 Å². The minimum Gasteiger partial charge on any atom is -0.300 e. The molecule has 0 bridgehead atoms. The monoisotopic (exact) mass is 378 g/mol. The molecular formula is C23H38O4. The molecule has 0 amide bonds. The average molecular weight is 379 g/mol. The highest BCUT2D eigenvalue weighted by Gasteiger charge is 2.04. The first-order valence-electron chi connectivity index (χ1n) is 10.6. The predicted octanol–water partition coefficient (Wildman–Crippen LogP) is 5.71. The summed E-state index contributed by atoms with van der Waals surface area (Å²) in [6, 6.07) is 0. The van der Waals surface area contributed by atoms with E-state index < -0.39 is 0 Å². The van der Waals surface area contributed by atoms with Crippen LogP contribution in [0.2, 0.25) is 0 Å². The topological polar surface area (TPSA) is 68.3 Å². The Labute approximate surface area is 165 Å². The largest absolute Gasteiger partial charge is 0.300 e. The minimum atomic E-state index is 0.0629. The summed E-state index contributed by atoms with van der Waals surface area (Å²) in [7, 11) is 0. The van der Waals surface area contributed by atoms with Crippen LogP contribution in [-0.2, 0) is 19.2 Å². The summed E-state index contributed by atoms with van der Waals surface area (Å²) < 4.78 is 0. The van der Waals surface area contributed by atoms with Crippen molar-refractivity contribution in [2.45, 2.75) is 110 Å². The van der Waals surface area contributed by atoms with Crippen LogP contribution in [0.25, 0.3) is 0 Å². The van der Waals surface area contributed by atoms with E-state index in [1.165, 1.54) is 6.92 Å². The Balaban J connectivity index is 3.44. The van der Waals surface area contributed by atoms with Crippen LogP contribution in [-0.4, -0.2) is 23.1 Å². The van der Waals surface area contributed by atoms with Crippen molar-refractivity contribution in [3.63, 3.8) is 0 Å². The Morgan fingerprint density at radius 3 is 1.74 bits per heavy atom. The van der Waals surface area contributed by atoms with Crippen LogP contribution in [0.4, 0.5) is 0 Å². The number of hydrogen-bond donors (Lipinski definition) is 0. The number of ketones is 4. The highest BCUT2D eigenvalue weighted by molar-refractivity contribution is 5.85. The zero-order valence-corrected chi connectivity index (χ0v) is 17.4. The van der Waals surface area contributed by atoms with Crippen LogP contribution in [0, 0.1) is 0 Å². The second-order valence-corrected chi connectivity index (χ2v) is 7.40. The van der Waals surface area contributed by atoms with E-state index in [-0.39, 0.29) is 11.6 Å². The van der Waals surface area contributed by atoms with Gasteiger partial charge in [0.25, 0.3) is 0 Å². The smallest absolute Gasteiger partial charge is 0.137 e. The van der Waals surface area contributed by atoms with Gasteiger partial charge in [0.15, 0.2) is 0 Å². The summed E-state index contributed by atoms with van der Waals surface area (Å²) in [6.45, 7) is 3.52. The lowest BCUT2D eigenvalue weighted by Gasteiger charge is -2.02. The van der Waals surface area contributed by atoms with E-state index in [0.717, 1.165) is 51.4 Å². The van der Waals surface area contributed by atoms with E-state index in [1.54, 1.807) is 0 Å². The molecule has 4 nitrogen and oxygen atoms in total. The van der Waals surface area contributed by atoms with Gasteiger partial charge in [0.05, 0.1) is 0 Å². The molecule has 0 unspecified atom stereocenters. The SMILES string of the molecule is CCCC(=O)CCCCC(=O)CCCCCCC=CCC(=O)CCC(C)=O. The maximum Gasteiger partial charge on any atom is 0.137 e. The van der Waals surface area contributed by atoms with Crippen LogP contribution in [0.15, 0.2) is 12.2 Å². The number of carbonyl (C=O) groups is 4. The van der Waals surface area contributed by atoms with Crippen molar-refractivity contribution in [1.82, 2.24) is 0 Å². The molecule has 0 fully saturated rings. The molecule has 0 spiro atoms. The summed E-state index contributed by atoms with van der Waals surface area (Å²) in [6.07, 6.45) is 15.3. The molecule has 154 valence electrons. The normalized spacial score (nSPS) is 11.0. The van der Waals surface area contributed by atoms with Crippen LogP contribution in [0.5, 0.6) is 0 Å². The van der Waals surface area contributed by atoms with E-state index in [1.807, 2.05) is 19.1 Å². The zero-order chi connectivity index (χ0) is 20.3. The van der Waals surface area contributed by atoms with Gasteiger partial charge in [0, 0.05) is 44.9 Å². The molecule has 0 saturated heterocycles. The third-order valence-electron chi connectivity index (χ3n) is 4.53. The van der Waals surface area contributed by atoms with Gasteiger partial charge >= 0.3 is 0 Å². The van der Waals surface area contributed by atoms with Crippen LogP contribution >= 0.6 is 0 Å². The molecule has 0 rings (SSSR count). The second kappa shape index (κ2) is 17.8. The molecule has 0 aromatic carbocycles. The van der Waals surface area contributed by atoms with Crippen molar-refractivity contribution in [1.29, 1.82) is 0 Å². The molecule has 0 aliphatic heterocycles. The second-order valence-electron chi connectivity index (χ2n) is 7.40. The number of rotatable bonds is 19. The Hall–Kier alpha value is -1.58. The molecule has 0 atom stereocenters. The predicted molar refractivity (Wildman–Crippen MR) is 110 cm³/mol. The number of allylic oxidation sites excluding steroid dienone is 2. The summed E-state index contributed by atoms with van der Waals surface area (Å²) >= 11 is 0. The van der Waals surface area contributed by atoms with Crippen molar-refractivity contribution in [3.05, 3.63) is 12.2 Å². The van der Waals surface area contributed by atoms with Crippen LogP contribution < -0.4 is 0 Å². The first-order valence-corrected chi connectivity index (χ1v) is 10.6. The molecule has 0 N–H and O–H groups in total. The highest BCUT2D eigenvalue weighted by atomic mass is 16.1. The standard InChI is InChI=1S/C23H38O4/c1-3-13-21(25)16-11-12-17-22(26)14-9-7-5-4-6-8-10-15-23(27)19-18-20(2)24/h8,10H,3-7,9,11-19H2,1-2H3. The molecule has 0 aromatic heterocycles. The van der Waals surface area contributed by atoms with Crippen molar-refractivity contribution in [3.8, 4) is 0 Å². The maximum absolute atomic E-state index is 11.8. The lowest BCUT2D eigenvalue weighted by Crippen LogP contribution is -2.00. The highest BCUT2D eigenvalue weighted by Crippen LogP contribution is 2.10.